The lowest BCUT2D eigenvalue weighted by molar-refractivity contribution is 0.187. The van der Waals surface area contributed by atoms with Crippen molar-refractivity contribution in [3.05, 3.63) is 32.3 Å². The van der Waals surface area contributed by atoms with Crippen LogP contribution in [0.3, 0.4) is 0 Å². The van der Waals surface area contributed by atoms with Gasteiger partial charge in [-0.1, -0.05) is 58.6 Å². The van der Waals surface area contributed by atoms with Crippen LogP contribution in [0.15, 0.2) is 32.3 Å². The summed E-state index contributed by atoms with van der Waals surface area (Å²) >= 11 is 24.9. The molecule has 0 unspecified atom stereocenters. The number of allylic oxidation sites excluding steroid dienone is 6. The fourth-order valence-electron chi connectivity index (χ4n) is 3.19. The van der Waals surface area contributed by atoms with E-state index in [4.69, 9.17) is 46.4 Å². The minimum Gasteiger partial charge on any atom is -0.0871 e. The first-order chi connectivity index (χ1) is 7.61. The summed E-state index contributed by atoms with van der Waals surface area (Å²) in [5.41, 5.74) is 0. The van der Waals surface area contributed by atoms with Crippen LogP contribution in [0, 0.1) is 23.7 Å². The van der Waals surface area contributed by atoms with E-state index in [9.17, 15) is 0 Å². The van der Waals surface area contributed by atoms with Crippen molar-refractivity contribution in [2.24, 2.45) is 23.7 Å². The largest absolute Gasteiger partial charge is 0.0871 e. The molecule has 0 N–H and O–H groups in total. The standard InChI is InChI=1S/C12H10Cl4/c13-9-7-5-1-2-6(4-3-5)8(7)10(14)12(16)11(9)15/h1-2,5-8H,3-4H2/t5-,6+,7-,8+. The van der Waals surface area contributed by atoms with Gasteiger partial charge < -0.3 is 0 Å². The average Bonchev–Trinajstić information content (AvgIpc) is 2.34. The van der Waals surface area contributed by atoms with E-state index in [2.05, 4.69) is 12.2 Å². The lowest BCUT2D eigenvalue weighted by Gasteiger charge is -2.47. The monoisotopic (exact) mass is 294 g/mol. The van der Waals surface area contributed by atoms with Crippen molar-refractivity contribution < 1.29 is 0 Å². The molecule has 0 aliphatic heterocycles. The molecular weight excluding hydrogens is 286 g/mol. The second-order valence-electron chi connectivity index (χ2n) is 4.67. The first-order valence-corrected chi connectivity index (χ1v) is 6.91. The fourth-order valence-corrected chi connectivity index (χ4v) is 4.52. The Morgan fingerprint density at radius 1 is 0.750 bits per heavy atom. The van der Waals surface area contributed by atoms with Crippen LogP contribution in [-0.4, -0.2) is 0 Å². The predicted octanol–water partition coefficient (Wildman–Crippen LogP) is 5.21. The van der Waals surface area contributed by atoms with Crippen molar-refractivity contribution >= 4 is 46.4 Å². The van der Waals surface area contributed by atoms with Crippen LogP contribution in [0.4, 0.5) is 0 Å². The molecule has 1 saturated carbocycles. The summed E-state index contributed by atoms with van der Waals surface area (Å²) in [5.74, 6) is 1.42. The minimum atomic E-state index is 0.243. The van der Waals surface area contributed by atoms with Gasteiger partial charge in [-0.2, -0.15) is 0 Å². The average molecular weight is 296 g/mol. The molecule has 0 spiro atoms. The highest BCUT2D eigenvalue weighted by Gasteiger charge is 2.47. The lowest BCUT2D eigenvalue weighted by atomic mass is 9.61. The molecule has 0 aromatic heterocycles. The molecule has 1 fully saturated rings. The van der Waals surface area contributed by atoms with Crippen molar-refractivity contribution in [1.82, 2.24) is 0 Å². The molecule has 0 heterocycles. The van der Waals surface area contributed by atoms with Gasteiger partial charge in [0, 0.05) is 21.9 Å². The van der Waals surface area contributed by atoms with E-state index in [1.54, 1.807) is 0 Å². The summed E-state index contributed by atoms with van der Waals surface area (Å²) in [4.78, 5) is 0. The molecular formula is C12H10Cl4. The molecule has 0 aromatic rings. The number of fused-ring (bicyclic) bond motifs is 1. The molecule has 2 bridgehead atoms. The lowest BCUT2D eigenvalue weighted by Crippen LogP contribution is -2.39. The Labute approximate surface area is 115 Å². The summed E-state index contributed by atoms with van der Waals surface area (Å²) in [6.07, 6.45) is 6.85. The van der Waals surface area contributed by atoms with Crippen LogP contribution in [-0.2, 0) is 0 Å². The Hall–Kier alpha value is 0.380. The smallest absolute Gasteiger partial charge is 0.0752 e. The Balaban J connectivity index is 2.15. The van der Waals surface area contributed by atoms with Gasteiger partial charge in [0.25, 0.3) is 0 Å². The fraction of sp³-hybridized carbons (Fsp3) is 0.500. The molecule has 4 aliphatic rings. The van der Waals surface area contributed by atoms with E-state index < -0.39 is 0 Å². The van der Waals surface area contributed by atoms with E-state index in [-0.39, 0.29) is 11.8 Å². The van der Waals surface area contributed by atoms with Gasteiger partial charge in [-0.3, -0.25) is 0 Å². The molecule has 0 saturated heterocycles. The van der Waals surface area contributed by atoms with E-state index >= 15 is 0 Å². The highest BCUT2D eigenvalue weighted by atomic mass is 35.5. The Kier molecular flexibility index (Phi) is 2.83. The first kappa shape index (κ1) is 11.5. The number of hydrogen-bond acceptors (Lipinski definition) is 0. The summed E-state index contributed by atoms with van der Waals surface area (Å²) in [6.45, 7) is 0. The number of rotatable bonds is 0. The van der Waals surface area contributed by atoms with Crippen molar-refractivity contribution in [3.8, 4) is 0 Å². The van der Waals surface area contributed by atoms with Gasteiger partial charge in [-0.15, -0.1) is 0 Å². The van der Waals surface area contributed by atoms with Crippen LogP contribution in [0.1, 0.15) is 12.8 Å². The van der Waals surface area contributed by atoms with Crippen LogP contribution in [0.25, 0.3) is 0 Å². The second kappa shape index (κ2) is 3.95. The predicted molar refractivity (Wildman–Crippen MR) is 69.8 cm³/mol. The Morgan fingerprint density at radius 3 is 1.44 bits per heavy atom. The zero-order valence-electron chi connectivity index (χ0n) is 8.39. The Bertz CT molecular complexity index is 392. The number of halogens is 4. The topological polar surface area (TPSA) is 0 Å². The molecule has 4 rings (SSSR count). The highest BCUT2D eigenvalue weighted by molar-refractivity contribution is 6.51. The van der Waals surface area contributed by atoms with E-state index in [1.165, 1.54) is 12.8 Å². The van der Waals surface area contributed by atoms with Gasteiger partial charge in [0.15, 0.2) is 0 Å². The zero-order chi connectivity index (χ0) is 11.4. The normalized spacial score (nSPS) is 41.8. The summed E-state index contributed by atoms with van der Waals surface area (Å²) in [7, 11) is 0. The van der Waals surface area contributed by atoms with Crippen LogP contribution in [0.5, 0.6) is 0 Å². The molecule has 4 heteroatoms. The molecule has 86 valence electrons. The molecule has 0 nitrogen and oxygen atoms in total. The van der Waals surface area contributed by atoms with Gasteiger partial charge in [-0.25, -0.2) is 0 Å². The van der Waals surface area contributed by atoms with Gasteiger partial charge in [-0.05, 0) is 24.7 Å². The third kappa shape index (κ3) is 1.43. The third-order valence-corrected chi connectivity index (χ3v) is 5.90. The maximum atomic E-state index is 6.33. The summed E-state index contributed by atoms with van der Waals surface area (Å²) < 4.78 is 0. The maximum Gasteiger partial charge on any atom is 0.0752 e. The molecule has 0 amide bonds. The molecule has 4 atom stereocenters. The first-order valence-electron chi connectivity index (χ1n) is 5.40. The maximum absolute atomic E-state index is 6.33. The van der Waals surface area contributed by atoms with Crippen LogP contribution < -0.4 is 0 Å². The minimum absolute atomic E-state index is 0.243. The quantitative estimate of drug-likeness (QED) is 0.538. The van der Waals surface area contributed by atoms with Crippen LogP contribution in [0.2, 0.25) is 0 Å². The van der Waals surface area contributed by atoms with Crippen molar-refractivity contribution in [3.63, 3.8) is 0 Å². The van der Waals surface area contributed by atoms with E-state index in [1.807, 2.05) is 0 Å². The van der Waals surface area contributed by atoms with Crippen molar-refractivity contribution in [1.29, 1.82) is 0 Å². The van der Waals surface area contributed by atoms with Crippen molar-refractivity contribution in [2.45, 2.75) is 12.8 Å². The van der Waals surface area contributed by atoms with Gasteiger partial charge in [0.2, 0.25) is 0 Å². The third-order valence-electron chi connectivity index (χ3n) is 3.95. The van der Waals surface area contributed by atoms with Crippen LogP contribution >= 0.6 is 46.4 Å². The molecule has 0 radical (unpaired) electrons. The SMILES string of the molecule is ClC1=C(Cl)[C@@H]2[C@H](C(Cl)=C1Cl)[C@@H]1C=C[C@H]2CC1. The molecule has 16 heavy (non-hydrogen) atoms. The van der Waals surface area contributed by atoms with Gasteiger partial charge >= 0.3 is 0 Å². The summed E-state index contributed by atoms with van der Waals surface area (Å²) in [6, 6.07) is 0. The van der Waals surface area contributed by atoms with E-state index in [0.29, 0.717) is 32.0 Å². The molecule has 0 aromatic carbocycles. The van der Waals surface area contributed by atoms with Crippen molar-refractivity contribution in [2.75, 3.05) is 0 Å². The Morgan fingerprint density at radius 2 is 1.12 bits per heavy atom. The van der Waals surface area contributed by atoms with Gasteiger partial charge in [0.05, 0.1) is 10.1 Å². The molecule has 4 aliphatic carbocycles. The van der Waals surface area contributed by atoms with E-state index in [0.717, 1.165) is 0 Å². The highest BCUT2D eigenvalue weighted by Crippen LogP contribution is 2.57. The summed E-state index contributed by atoms with van der Waals surface area (Å²) in [5, 5.41) is 2.27. The van der Waals surface area contributed by atoms with Gasteiger partial charge in [0.1, 0.15) is 0 Å². The zero-order valence-corrected chi connectivity index (χ0v) is 11.4. The number of hydrogen-bond donors (Lipinski definition) is 0. The second-order valence-corrected chi connectivity index (χ2v) is 6.24.